The molecular formula is C18H28FN3O3S. The molecule has 26 heavy (non-hydrogen) atoms. The van der Waals surface area contributed by atoms with Crippen molar-refractivity contribution in [3.63, 3.8) is 0 Å². The van der Waals surface area contributed by atoms with Crippen molar-refractivity contribution >= 4 is 15.9 Å². The molecule has 6 nitrogen and oxygen atoms in total. The fraction of sp³-hybridized carbons (Fsp3) is 0.611. The molecule has 8 heteroatoms. The van der Waals surface area contributed by atoms with Crippen molar-refractivity contribution in [1.82, 2.24) is 9.21 Å². The van der Waals surface area contributed by atoms with Crippen molar-refractivity contribution in [1.29, 1.82) is 0 Å². The van der Waals surface area contributed by atoms with E-state index in [1.807, 2.05) is 13.8 Å². The number of halogens is 1. The lowest BCUT2D eigenvalue weighted by molar-refractivity contribution is -0.136. The molecule has 146 valence electrons. The zero-order chi connectivity index (χ0) is 19.5. The summed E-state index contributed by atoms with van der Waals surface area (Å²) in [5, 5.41) is 0. The topological polar surface area (TPSA) is 83.7 Å². The van der Waals surface area contributed by atoms with Crippen molar-refractivity contribution in [3.8, 4) is 0 Å². The number of hydrogen-bond acceptors (Lipinski definition) is 4. The molecule has 2 rings (SSSR count). The van der Waals surface area contributed by atoms with Crippen molar-refractivity contribution in [3.05, 3.63) is 30.1 Å². The average Bonchev–Trinajstić information content (AvgIpc) is 2.61. The number of nitrogens with two attached hydrogens (primary N) is 1. The molecule has 0 aliphatic carbocycles. The molecule has 1 amide bonds. The minimum Gasteiger partial charge on any atom is -0.345 e. The standard InChI is InChI=1S/C18H28FN3O3S/c1-18(2,12-20)13-21(3)17(23)14-8-10-22(11-9-14)26(24,25)16-7-5-4-6-15(16)19/h4-7,14H,8-13,20H2,1-3H3. The molecule has 0 unspecified atom stereocenters. The molecule has 1 fully saturated rings. The summed E-state index contributed by atoms with van der Waals surface area (Å²) in [7, 11) is -2.13. The Hall–Kier alpha value is -1.51. The molecule has 1 aliphatic rings. The molecular weight excluding hydrogens is 357 g/mol. The first-order chi connectivity index (χ1) is 12.1. The predicted octanol–water partition coefficient (Wildman–Crippen LogP) is 1.67. The quantitative estimate of drug-likeness (QED) is 0.807. The molecule has 1 saturated heterocycles. The summed E-state index contributed by atoms with van der Waals surface area (Å²) in [6, 6.07) is 5.36. The number of amides is 1. The molecule has 1 aliphatic heterocycles. The molecule has 1 heterocycles. The Morgan fingerprint density at radius 3 is 2.42 bits per heavy atom. The Morgan fingerprint density at radius 1 is 1.31 bits per heavy atom. The van der Waals surface area contributed by atoms with Gasteiger partial charge in [0.05, 0.1) is 0 Å². The van der Waals surface area contributed by atoms with Gasteiger partial charge in [0.15, 0.2) is 0 Å². The van der Waals surface area contributed by atoms with Crippen LogP contribution in [0.3, 0.4) is 0 Å². The van der Waals surface area contributed by atoms with E-state index in [4.69, 9.17) is 5.73 Å². The van der Waals surface area contributed by atoms with Crippen LogP contribution >= 0.6 is 0 Å². The fourth-order valence-corrected chi connectivity index (χ4v) is 4.77. The molecule has 0 bridgehead atoms. The van der Waals surface area contributed by atoms with Gasteiger partial charge in [-0.3, -0.25) is 4.79 Å². The lowest BCUT2D eigenvalue weighted by Gasteiger charge is -2.35. The third-order valence-corrected chi connectivity index (χ3v) is 6.78. The number of carbonyl (C=O) groups excluding carboxylic acids is 1. The summed E-state index contributed by atoms with van der Waals surface area (Å²) in [5.74, 6) is -0.968. The normalized spacial score (nSPS) is 17.3. The van der Waals surface area contributed by atoms with Gasteiger partial charge in [0.1, 0.15) is 10.7 Å². The van der Waals surface area contributed by atoms with Crippen LogP contribution in [-0.2, 0) is 14.8 Å². The Bertz CT molecular complexity index is 744. The highest BCUT2D eigenvalue weighted by molar-refractivity contribution is 7.89. The van der Waals surface area contributed by atoms with Crippen LogP contribution in [-0.4, -0.2) is 56.8 Å². The summed E-state index contributed by atoms with van der Waals surface area (Å²) in [6.45, 7) is 5.45. The number of benzene rings is 1. The van der Waals surface area contributed by atoms with E-state index in [-0.39, 0.29) is 35.2 Å². The van der Waals surface area contributed by atoms with E-state index in [0.717, 1.165) is 6.07 Å². The number of carbonyl (C=O) groups is 1. The Balaban J connectivity index is 2.01. The van der Waals surface area contributed by atoms with E-state index in [0.29, 0.717) is 25.9 Å². The maximum Gasteiger partial charge on any atom is 0.245 e. The lowest BCUT2D eigenvalue weighted by Crippen LogP contribution is -2.46. The molecule has 0 aromatic heterocycles. The third kappa shape index (κ3) is 4.61. The fourth-order valence-electron chi connectivity index (χ4n) is 3.23. The Morgan fingerprint density at radius 2 is 1.88 bits per heavy atom. The van der Waals surface area contributed by atoms with Gasteiger partial charge in [-0.25, -0.2) is 12.8 Å². The van der Waals surface area contributed by atoms with Crippen LogP contribution in [0.2, 0.25) is 0 Å². The van der Waals surface area contributed by atoms with E-state index >= 15 is 0 Å². The van der Waals surface area contributed by atoms with E-state index in [1.165, 1.54) is 22.5 Å². The van der Waals surface area contributed by atoms with Crippen LogP contribution in [0, 0.1) is 17.2 Å². The second-order valence-electron chi connectivity index (χ2n) is 7.67. The monoisotopic (exact) mass is 385 g/mol. The Kier molecular flexibility index (Phi) is 6.42. The second kappa shape index (κ2) is 8.02. The van der Waals surface area contributed by atoms with E-state index < -0.39 is 15.8 Å². The third-order valence-electron chi connectivity index (χ3n) is 4.85. The smallest absolute Gasteiger partial charge is 0.245 e. The molecule has 1 aromatic rings. The zero-order valence-electron chi connectivity index (χ0n) is 15.6. The van der Waals surface area contributed by atoms with E-state index in [9.17, 15) is 17.6 Å². The zero-order valence-corrected chi connectivity index (χ0v) is 16.4. The SMILES string of the molecule is CN(CC(C)(C)CN)C(=O)C1CCN(S(=O)(=O)c2ccccc2F)CC1. The number of sulfonamides is 1. The van der Waals surface area contributed by atoms with Crippen molar-refractivity contribution < 1.29 is 17.6 Å². The summed E-state index contributed by atoms with van der Waals surface area (Å²) < 4.78 is 40.4. The Labute approximate surface area is 155 Å². The number of hydrogen-bond donors (Lipinski definition) is 1. The van der Waals surface area contributed by atoms with Gasteiger partial charge in [0, 0.05) is 32.6 Å². The highest BCUT2D eigenvalue weighted by Gasteiger charge is 2.35. The van der Waals surface area contributed by atoms with Crippen LogP contribution in [0.4, 0.5) is 4.39 Å². The van der Waals surface area contributed by atoms with Crippen LogP contribution in [0.1, 0.15) is 26.7 Å². The van der Waals surface area contributed by atoms with Crippen LogP contribution in [0.5, 0.6) is 0 Å². The number of rotatable bonds is 6. The van der Waals surface area contributed by atoms with Crippen molar-refractivity contribution in [2.24, 2.45) is 17.1 Å². The van der Waals surface area contributed by atoms with Crippen molar-refractivity contribution in [2.75, 3.05) is 33.2 Å². The summed E-state index contributed by atoms with van der Waals surface area (Å²) >= 11 is 0. The maximum atomic E-state index is 13.9. The molecule has 0 saturated carbocycles. The first kappa shape index (κ1) is 20.8. The highest BCUT2D eigenvalue weighted by Crippen LogP contribution is 2.27. The van der Waals surface area contributed by atoms with Crippen LogP contribution < -0.4 is 5.73 Å². The summed E-state index contributed by atoms with van der Waals surface area (Å²) in [5.41, 5.74) is 5.56. The van der Waals surface area contributed by atoms with Gasteiger partial charge in [0.2, 0.25) is 15.9 Å². The maximum absolute atomic E-state index is 13.9. The molecule has 1 aromatic carbocycles. The largest absolute Gasteiger partial charge is 0.345 e. The minimum atomic E-state index is -3.88. The van der Waals surface area contributed by atoms with Crippen LogP contribution in [0.25, 0.3) is 0 Å². The number of piperidine rings is 1. The van der Waals surface area contributed by atoms with Gasteiger partial charge in [-0.15, -0.1) is 0 Å². The molecule has 0 atom stereocenters. The predicted molar refractivity (Wildman–Crippen MR) is 98.4 cm³/mol. The first-order valence-electron chi connectivity index (χ1n) is 8.78. The van der Waals surface area contributed by atoms with Crippen LogP contribution in [0.15, 0.2) is 29.2 Å². The van der Waals surface area contributed by atoms with Gasteiger partial charge in [-0.2, -0.15) is 4.31 Å². The van der Waals surface area contributed by atoms with Gasteiger partial charge >= 0.3 is 0 Å². The highest BCUT2D eigenvalue weighted by atomic mass is 32.2. The summed E-state index contributed by atoms with van der Waals surface area (Å²) in [4.78, 5) is 14.0. The lowest BCUT2D eigenvalue weighted by atomic mass is 9.91. The van der Waals surface area contributed by atoms with E-state index in [1.54, 1.807) is 11.9 Å². The first-order valence-corrected chi connectivity index (χ1v) is 10.2. The van der Waals surface area contributed by atoms with Gasteiger partial charge < -0.3 is 10.6 Å². The van der Waals surface area contributed by atoms with Crippen molar-refractivity contribution in [2.45, 2.75) is 31.6 Å². The average molecular weight is 386 g/mol. The second-order valence-corrected chi connectivity index (χ2v) is 9.58. The minimum absolute atomic E-state index is 0.00876. The van der Waals surface area contributed by atoms with Gasteiger partial charge in [-0.05, 0) is 36.9 Å². The molecule has 2 N–H and O–H groups in total. The molecule has 0 spiro atoms. The van der Waals surface area contributed by atoms with Gasteiger partial charge in [-0.1, -0.05) is 26.0 Å². The molecule has 0 radical (unpaired) electrons. The number of nitrogens with zero attached hydrogens (tertiary/aromatic N) is 2. The van der Waals surface area contributed by atoms with E-state index in [2.05, 4.69) is 0 Å². The summed E-state index contributed by atoms with van der Waals surface area (Å²) in [6.07, 6.45) is 0.861. The van der Waals surface area contributed by atoms with Gasteiger partial charge in [0.25, 0.3) is 0 Å².